The maximum absolute atomic E-state index is 6.44. The van der Waals surface area contributed by atoms with Gasteiger partial charge in [0.2, 0.25) is 5.88 Å². The van der Waals surface area contributed by atoms with Crippen LogP contribution in [0, 0.1) is 0 Å². The third-order valence-electron chi connectivity index (χ3n) is 5.67. The van der Waals surface area contributed by atoms with Gasteiger partial charge in [0, 0.05) is 33.8 Å². The molecular weight excluding hydrogens is 358 g/mol. The van der Waals surface area contributed by atoms with Gasteiger partial charge in [0.05, 0.1) is 5.52 Å². The number of hydrogen-bond donors (Lipinski definition) is 1. The molecule has 2 heterocycles. The Bertz CT molecular complexity index is 1140. The van der Waals surface area contributed by atoms with E-state index in [1.165, 1.54) is 0 Å². The predicted molar refractivity (Wildman–Crippen MR) is 114 cm³/mol. The molecule has 0 aliphatic rings. The van der Waals surface area contributed by atoms with Crippen molar-refractivity contribution in [2.45, 2.75) is 32.2 Å². The van der Waals surface area contributed by atoms with Crippen LogP contribution in [0.5, 0.6) is 5.88 Å². The number of halogens is 1. The van der Waals surface area contributed by atoms with Gasteiger partial charge in [-0.2, -0.15) is 4.98 Å². The standard InChI is InChI=1S/C22H24ClN3O/c1-4-22(24,5-2)13-27-21-16-9-7-6-8-15(16)19-17-12-14(23)10-11-18(17)26(3)20(19)25-21/h6-12H,4-5,13,24H2,1-3H3. The monoisotopic (exact) mass is 381 g/mol. The molecule has 0 atom stereocenters. The van der Waals surface area contributed by atoms with Crippen molar-refractivity contribution in [3.8, 4) is 5.88 Å². The SMILES string of the molecule is CCC(N)(CC)COc1nc2c(c3ccccc13)c1cc(Cl)ccc1n2C. The largest absolute Gasteiger partial charge is 0.475 e. The Hall–Kier alpha value is -2.30. The van der Waals surface area contributed by atoms with Crippen molar-refractivity contribution in [2.75, 3.05) is 6.61 Å². The molecule has 5 heteroatoms. The summed E-state index contributed by atoms with van der Waals surface area (Å²) in [4.78, 5) is 4.88. The van der Waals surface area contributed by atoms with E-state index in [2.05, 4.69) is 30.5 Å². The number of pyridine rings is 1. The van der Waals surface area contributed by atoms with Crippen LogP contribution in [0.1, 0.15) is 26.7 Å². The van der Waals surface area contributed by atoms with E-state index in [4.69, 9.17) is 27.1 Å². The molecule has 4 nitrogen and oxygen atoms in total. The topological polar surface area (TPSA) is 53.1 Å². The first-order valence-electron chi connectivity index (χ1n) is 9.35. The molecule has 0 aliphatic heterocycles. The fourth-order valence-corrected chi connectivity index (χ4v) is 3.79. The second-order valence-electron chi connectivity index (χ2n) is 7.24. The summed E-state index contributed by atoms with van der Waals surface area (Å²) in [6, 6.07) is 14.2. The summed E-state index contributed by atoms with van der Waals surface area (Å²) in [6.07, 6.45) is 1.71. The first-order chi connectivity index (χ1) is 13.0. The van der Waals surface area contributed by atoms with Crippen molar-refractivity contribution < 1.29 is 4.74 Å². The van der Waals surface area contributed by atoms with E-state index in [1.807, 2.05) is 37.4 Å². The van der Waals surface area contributed by atoms with Crippen molar-refractivity contribution in [1.29, 1.82) is 0 Å². The lowest BCUT2D eigenvalue weighted by Gasteiger charge is -2.26. The van der Waals surface area contributed by atoms with E-state index >= 15 is 0 Å². The summed E-state index contributed by atoms with van der Waals surface area (Å²) >= 11 is 6.27. The van der Waals surface area contributed by atoms with Gasteiger partial charge in [-0.3, -0.25) is 0 Å². The third kappa shape index (κ3) is 2.93. The summed E-state index contributed by atoms with van der Waals surface area (Å²) < 4.78 is 8.27. The van der Waals surface area contributed by atoms with Gasteiger partial charge in [-0.25, -0.2) is 0 Å². The van der Waals surface area contributed by atoms with Crippen LogP contribution >= 0.6 is 11.6 Å². The van der Waals surface area contributed by atoms with Crippen molar-refractivity contribution >= 4 is 44.3 Å². The summed E-state index contributed by atoms with van der Waals surface area (Å²) in [6.45, 7) is 4.63. The molecular formula is C22H24ClN3O. The second-order valence-corrected chi connectivity index (χ2v) is 7.68. The highest BCUT2D eigenvalue weighted by Gasteiger charge is 2.23. The van der Waals surface area contributed by atoms with Crippen molar-refractivity contribution in [3.05, 3.63) is 47.5 Å². The normalized spacial score (nSPS) is 12.3. The Kier molecular flexibility index (Phi) is 4.49. The van der Waals surface area contributed by atoms with Gasteiger partial charge in [0.25, 0.3) is 0 Å². The average Bonchev–Trinajstić information content (AvgIpc) is 2.97. The first kappa shape index (κ1) is 18.1. The number of ether oxygens (including phenoxy) is 1. The van der Waals surface area contributed by atoms with Gasteiger partial charge in [0.15, 0.2) is 0 Å². The quantitative estimate of drug-likeness (QED) is 0.501. The summed E-state index contributed by atoms with van der Waals surface area (Å²) in [5.41, 5.74) is 8.08. The Morgan fingerprint density at radius 1 is 1.07 bits per heavy atom. The van der Waals surface area contributed by atoms with Gasteiger partial charge in [-0.15, -0.1) is 0 Å². The summed E-state index contributed by atoms with van der Waals surface area (Å²) in [7, 11) is 2.02. The first-order valence-corrected chi connectivity index (χ1v) is 9.73. The number of nitrogens with zero attached hydrogens (tertiary/aromatic N) is 2. The molecule has 0 amide bonds. The van der Waals surface area contributed by atoms with Crippen LogP contribution in [0.3, 0.4) is 0 Å². The summed E-state index contributed by atoms with van der Waals surface area (Å²) in [5.74, 6) is 0.631. The molecule has 140 valence electrons. The van der Waals surface area contributed by atoms with Crippen LogP contribution in [0.2, 0.25) is 5.02 Å². The summed E-state index contributed by atoms with van der Waals surface area (Å²) in [5, 5.41) is 5.03. The maximum Gasteiger partial charge on any atom is 0.223 e. The molecule has 4 rings (SSSR count). The minimum Gasteiger partial charge on any atom is -0.475 e. The lowest BCUT2D eigenvalue weighted by Crippen LogP contribution is -2.44. The van der Waals surface area contributed by atoms with Crippen molar-refractivity contribution in [2.24, 2.45) is 12.8 Å². The predicted octanol–water partition coefficient (Wildman–Crippen LogP) is 5.43. The average molecular weight is 382 g/mol. The molecule has 0 radical (unpaired) electrons. The Balaban J connectivity index is 1.98. The molecule has 2 aromatic heterocycles. The number of nitrogens with two attached hydrogens (primary N) is 1. The number of rotatable bonds is 5. The van der Waals surface area contributed by atoms with E-state index in [1.54, 1.807) is 0 Å². The van der Waals surface area contributed by atoms with Crippen molar-refractivity contribution in [1.82, 2.24) is 9.55 Å². The van der Waals surface area contributed by atoms with Crippen LogP contribution in [0.4, 0.5) is 0 Å². The second kappa shape index (κ2) is 6.70. The van der Waals surface area contributed by atoms with Gasteiger partial charge in [-0.1, -0.05) is 43.6 Å². The zero-order valence-electron chi connectivity index (χ0n) is 15.9. The van der Waals surface area contributed by atoms with Crippen LogP contribution in [0.25, 0.3) is 32.7 Å². The van der Waals surface area contributed by atoms with E-state index < -0.39 is 0 Å². The minimum absolute atomic E-state index is 0.343. The lowest BCUT2D eigenvalue weighted by molar-refractivity contribution is 0.203. The minimum atomic E-state index is -0.343. The molecule has 4 aromatic rings. The fourth-order valence-electron chi connectivity index (χ4n) is 3.62. The van der Waals surface area contributed by atoms with E-state index in [0.29, 0.717) is 12.5 Å². The highest BCUT2D eigenvalue weighted by Crippen LogP contribution is 2.37. The van der Waals surface area contributed by atoms with Gasteiger partial charge < -0.3 is 15.0 Å². The Morgan fingerprint density at radius 3 is 2.48 bits per heavy atom. The van der Waals surface area contributed by atoms with Crippen LogP contribution in [-0.4, -0.2) is 21.7 Å². The number of hydrogen-bond acceptors (Lipinski definition) is 3. The van der Waals surface area contributed by atoms with E-state index in [0.717, 1.165) is 50.6 Å². The van der Waals surface area contributed by atoms with Crippen LogP contribution < -0.4 is 10.5 Å². The zero-order valence-corrected chi connectivity index (χ0v) is 16.7. The molecule has 2 N–H and O–H groups in total. The molecule has 0 saturated carbocycles. The van der Waals surface area contributed by atoms with Crippen LogP contribution in [-0.2, 0) is 7.05 Å². The molecule has 2 aromatic carbocycles. The molecule has 0 bridgehead atoms. The van der Waals surface area contributed by atoms with Gasteiger partial charge in [0.1, 0.15) is 12.3 Å². The lowest BCUT2D eigenvalue weighted by atomic mass is 9.96. The zero-order chi connectivity index (χ0) is 19.2. The van der Waals surface area contributed by atoms with E-state index in [9.17, 15) is 0 Å². The molecule has 0 saturated heterocycles. The number of fused-ring (bicyclic) bond motifs is 5. The molecule has 0 spiro atoms. The van der Waals surface area contributed by atoms with Gasteiger partial charge in [-0.05, 0) is 42.5 Å². The maximum atomic E-state index is 6.44. The molecule has 0 aliphatic carbocycles. The third-order valence-corrected chi connectivity index (χ3v) is 5.90. The van der Waals surface area contributed by atoms with Crippen LogP contribution in [0.15, 0.2) is 42.5 Å². The van der Waals surface area contributed by atoms with Gasteiger partial charge >= 0.3 is 0 Å². The number of benzene rings is 2. The van der Waals surface area contributed by atoms with Crippen molar-refractivity contribution in [3.63, 3.8) is 0 Å². The number of aromatic nitrogens is 2. The fraction of sp³-hybridized carbons (Fsp3) is 0.318. The molecule has 0 unspecified atom stereocenters. The Morgan fingerprint density at radius 2 is 1.78 bits per heavy atom. The highest BCUT2D eigenvalue weighted by molar-refractivity contribution is 6.32. The van der Waals surface area contributed by atoms with E-state index in [-0.39, 0.29) is 5.54 Å². The molecule has 0 fully saturated rings. The Labute approximate surface area is 163 Å². The molecule has 27 heavy (non-hydrogen) atoms. The number of aryl methyl sites for hydroxylation is 1. The smallest absolute Gasteiger partial charge is 0.223 e. The highest BCUT2D eigenvalue weighted by atomic mass is 35.5.